The molecule has 2 N–H and O–H groups in total. The molecule has 4 aromatic rings. The summed E-state index contributed by atoms with van der Waals surface area (Å²) in [7, 11) is 2.12. The number of aromatic nitrogens is 4. The highest BCUT2D eigenvalue weighted by molar-refractivity contribution is 6.49. The highest BCUT2D eigenvalue weighted by Gasteiger charge is 2.22. The van der Waals surface area contributed by atoms with Gasteiger partial charge in [-0.1, -0.05) is 29.5 Å². The summed E-state index contributed by atoms with van der Waals surface area (Å²) < 4.78 is 1.87. The predicted octanol–water partition coefficient (Wildman–Crippen LogP) is 3.29. The number of amides is 1. The average Bonchev–Trinajstić information content (AvgIpc) is 3.37. The molecule has 2 aliphatic rings. The Hall–Kier alpha value is -4.37. The van der Waals surface area contributed by atoms with Crippen LogP contribution in [0.2, 0.25) is 0 Å². The summed E-state index contributed by atoms with van der Waals surface area (Å²) in [4.78, 5) is 20.1. The zero-order valence-electron chi connectivity index (χ0n) is 20.0. The van der Waals surface area contributed by atoms with E-state index >= 15 is 0 Å². The number of pyridine rings is 1. The molecule has 0 fully saturated rings. The standard InChI is InChI=1S/C27H26N8O/c1-34-8-3-9-35-17-25(31-33-35)20-4-2-5-23(11-20)30-27(36)26-24-12-19(6-7-21(24)15-29-32-26)22-10-18(16-34)13-28-14-22/h2,4-7,10-14,17,29H,3,8-9,15-16H2,1H3,(H,30,36). The third-order valence-corrected chi connectivity index (χ3v) is 6.50. The number of nitrogens with one attached hydrogen (secondary N) is 2. The van der Waals surface area contributed by atoms with Gasteiger partial charge in [-0.2, -0.15) is 5.10 Å². The first-order chi connectivity index (χ1) is 17.6. The summed E-state index contributed by atoms with van der Waals surface area (Å²) in [5.74, 6) is -0.274. The van der Waals surface area contributed by atoms with Crippen LogP contribution < -0.4 is 10.7 Å². The summed E-state index contributed by atoms with van der Waals surface area (Å²) in [5, 5.41) is 16.0. The summed E-state index contributed by atoms with van der Waals surface area (Å²) in [5.41, 5.74) is 10.7. The molecule has 0 aliphatic carbocycles. The van der Waals surface area contributed by atoms with Crippen LogP contribution >= 0.6 is 0 Å². The Labute approximate surface area is 208 Å². The van der Waals surface area contributed by atoms with Crippen molar-refractivity contribution in [2.75, 3.05) is 18.9 Å². The fraction of sp³-hybridized carbons (Fsp3) is 0.222. The van der Waals surface area contributed by atoms with E-state index in [4.69, 9.17) is 0 Å². The molecule has 2 aromatic carbocycles. The highest BCUT2D eigenvalue weighted by Crippen LogP contribution is 2.26. The Bertz CT molecular complexity index is 1470. The van der Waals surface area contributed by atoms with E-state index in [1.807, 2.05) is 59.7 Å². The van der Waals surface area contributed by atoms with Gasteiger partial charge in [0.15, 0.2) is 5.71 Å². The van der Waals surface area contributed by atoms with Gasteiger partial charge in [0.25, 0.3) is 5.91 Å². The van der Waals surface area contributed by atoms with E-state index in [2.05, 4.69) is 55.2 Å². The topological polar surface area (TPSA) is 100 Å². The molecule has 0 spiro atoms. The minimum atomic E-state index is -0.274. The van der Waals surface area contributed by atoms with Crippen molar-refractivity contribution in [2.45, 2.75) is 26.1 Å². The van der Waals surface area contributed by atoms with Crippen LogP contribution in [0.15, 0.2) is 72.2 Å². The van der Waals surface area contributed by atoms with Crippen molar-refractivity contribution in [3.8, 4) is 22.4 Å². The van der Waals surface area contributed by atoms with E-state index in [0.29, 0.717) is 17.9 Å². The maximum absolute atomic E-state index is 13.3. The number of aryl methyl sites for hydroxylation is 1. The summed E-state index contributed by atoms with van der Waals surface area (Å²) in [6.07, 6.45) is 6.66. The number of benzene rings is 2. The number of fused-ring (bicyclic) bond motifs is 9. The molecule has 2 aromatic heterocycles. The Morgan fingerprint density at radius 1 is 0.972 bits per heavy atom. The van der Waals surface area contributed by atoms with Gasteiger partial charge < -0.3 is 15.6 Å². The minimum absolute atomic E-state index is 0.274. The van der Waals surface area contributed by atoms with Gasteiger partial charge in [0.1, 0.15) is 5.69 Å². The van der Waals surface area contributed by atoms with Crippen molar-refractivity contribution in [2.24, 2.45) is 5.10 Å². The molecule has 1 amide bonds. The lowest BCUT2D eigenvalue weighted by Crippen LogP contribution is -2.31. The maximum Gasteiger partial charge on any atom is 0.276 e. The lowest BCUT2D eigenvalue weighted by atomic mass is 9.95. The first kappa shape index (κ1) is 22.1. The molecule has 0 saturated heterocycles. The Balaban J connectivity index is 1.41. The number of anilines is 1. The van der Waals surface area contributed by atoms with E-state index in [-0.39, 0.29) is 5.91 Å². The molecule has 36 heavy (non-hydrogen) atoms. The smallest absolute Gasteiger partial charge is 0.276 e. The second kappa shape index (κ2) is 9.35. The second-order valence-corrected chi connectivity index (χ2v) is 9.24. The minimum Gasteiger partial charge on any atom is -0.321 e. The first-order valence-corrected chi connectivity index (χ1v) is 12.0. The largest absolute Gasteiger partial charge is 0.321 e. The molecule has 0 radical (unpaired) electrons. The second-order valence-electron chi connectivity index (χ2n) is 9.24. The van der Waals surface area contributed by atoms with Gasteiger partial charge in [-0.25, -0.2) is 0 Å². The molecule has 0 unspecified atom stereocenters. The normalized spacial score (nSPS) is 15.9. The van der Waals surface area contributed by atoms with E-state index in [9.17, 15) is 4.79 Å². The van der Waals surface area contributed by atoms with E-state index in [0.717, 1.165) is 65.1 Å². The van der Waals surface area contributed by atoms with Crippen molar-refractivity contribution in [3.63, 3.8) is 0 Å². The molecular formula is C27H26N8O. The van der Waals surface area contributed by atoms with Gasteiger partial charge in [-0.15, -0.1) is 5.10 Å². The van der Waals surface area contributed by atoms with Crippen LogP contribution in [0.1, 0.15) is 23.1 Å². The zero-order chi connectivity index (χ0) is 24.5. The molecule has 9 heteroatoms. The number of carbonyl (C=O) groups excluding carboxylic acids is 1. The first-order valence-electron chi connectivity index (χ1n) is 12.0. The van der Waals surface area contributed by atoms with Gasteiger partial charge in [0, 0.05) is 47.9 Å². The highest BCUT2D eigenvalue weighted by atomic mass is 16.2. The number of carbonyl (C=O) groups is 1. The van der Waals surface area contributed by atoms with Gasteiger partial charge in [-0.3, -0.25) is 14.5 Å². The number of hydrogen-bond donors (Lipinski definition) is 2. The SMILES string of the molecule is CN1CCCn2cc(nn2)-c2cccc(c2)NC(=O)C2=NNCc3ccc(cc32)-c2cncc(c2)C1. The number of hydrogen-bond acceptors (Lipinski definition) is 7. The van der Waals surface area contributed by atoms with Crippen molar-refractivity contribution < 1.29 is 4.79 Å². The van der Waals surface area contributed by atoms with Crippen molar-refractivity contribution >= 4 is 17.3 Å². The molecule has 0 atom stereocenters. The van der Waals surface area contributed by atoms with Gasteiger partial charge in [-0.05, 0) is 61.0 Å². The molecule has 9 nitrogen and oxygen atoms in total. The van der Waals surface area contributed by atoms with E-state index in [1.54, 1.807) is 0 Å². The third-order valence-electron chi connectivity index (χ3n) is 6.50. The summed E-state index contributed by atoms with van der Waals surface area (Å²) in [6, 6.07) is 16.0. The van der Waals surface area contributed by atoms with E-state index in [1.165, 1.54) is 0 Å². The lowest BCUT2D eigenvalue weighted by molar-refractivity contribution is -0.110. The molecule has 8 bridgehead atoms. The quantitative estimate of drug-likeness (QED) is 0.402. The molecule has 4 heterocycles. The molecule has 2 aliphatic heterocycles. The average molecular weight is 479 g/mol. The van der Waals surface area contributed by atoms with Crippen LogP contribution in [0.5, 0.6) is 0 Å². The zero-order valence-corrected chi connectivity index (χ0v) is 20.0. The maximum atomic E-state index is 13.3. The fourth-order valence-electron chi connectivity index (χ4n) is 4.68. The van der Waals surface area contributed by atoms with Gasteiger partial charge in [0.2, 0.25) is 0 Å². The van der Waals surface area contributed by atoms with Crippen LogP contribution in [0, 0.1) is 0 Å². The Morgan fingerprint density at radius 3 is 2.86 bits per heavy atom. The number of nitrogens with zero attached hydrogens (tertiary/aromatic N) is 6. The van der Waals surface area contributed by atoms with Crippen molar-refractivity contribution in [1.29, 1.82) is 0 Å². The van der Waals surface area contributed by atoms with Gasteiger partial charge in [0.05, 0.1) is 12.7 Å². The monoisotopic (exact) mass is 478 g/mol. The van der Waals surface area contributed by atoms with E-state index < -0.39 is 0 Å². The van der Waals surface area contributed by atoms with Crippen molar-refractivity contribution in [1.82, 2.24) is 30.3 Å². The number of hydrazone groups is 1. The number of rotatable bonds is 0. The van der Waals surface area contributed by atoms with Crippen LogP contribution in [0.4, 0.5) is 5.69 Å². The molecule has 180 valence electrons. The Morgan fingerprint density at radius 2 is 1.92 bits per heavy atom. The molecular weight excluding hydrogens is 452 g/mol. The molecule has 6 rings (SSSR count). The fourth-order valence-corrected chi connectivity index (χ4v) is 4.68. The predicted molar refractivity (Wildman–Crippen MR) is 138 cm³/mol. The van der Waals surface area contributed by atoms with Crippen molar-refractivity contribution in [3.05, 3.63) is 83.8 Å². The summed E-state index contributed by atoms with van der Waals surface area (Å²) in [6.45, 7) is 3.06. The lowest BCUT2D eigenvalue weighted by Gasteiger charge is -2.19. The molecule has 0 saturated carbocycles. The Kier molecular flexibility index (Phi) is 5.74. The van der Waals surface area contributed by atoms with Crippen LogP contribution in [-0.2, 0) is 24.4 Å². The van der Waals surface area contributed by atoms with Crippen LogP contribution in [0.25, 0.3) is 22.4 Å². The summed E-state index contributed by atoms with van der Waals surface area (Å²) >= 11 is 0. The van der Waals surface area contributed by atoms with Crippen LogP contribution in [-0.4, -0.2) is 50.1 Å². The van der Waals surface area contributed by atoms with Gasteiger partial charge >= 0.3 is 0 Å². The third kappa shape index (κ3) is 4.48. The van der Waals surface area contributed by atoms with Crippen LogP contribution in [0.3, 0.4) is 0 Å².